The summed E-state index contributed by atoms with van der Waals surface area (Å²) in [5, 5.41) is 3.10. The molecule has 2 heterocycles. The van der Waals surface area contributed by atoms with Gasteiger partial charge in [-0.05, 0) is 36.1 Å². The quantitative estimate of drug-likeness (QED) is 0.804. The molecule has 1 amide bonds. The third-order valence-corrected chi connectivity index (χ3v) is 3.97. The van der Waals surface area contributed by atoms with Gasteiger partial charge in [0.2, 0.25) is 5.91 Å². The molecule has 20 heavy (non-hydrogen) atoms. The van der Waals surface area contributed by atoms with Gasteiger partial charge in [-0.2, -0.15) is 0 Å². The molecule has 1 fully saturated rings. The Morgan fingerprint density at radius 1 is 1.30 bits per heavy atom. The number of nitrogens with zero attached hydrogens (tertiary/aromatic N) is 1. The second-order valence-electron chi connectivity index (χ2n) is 5.63. The predicted molar refractivity (Wildman–Crippen MR) is 77.0 cm³/mol. The normalized spacial score (nSPS) is 19.8. The topological polar surface area (TPSA) is 67.6 Å². The minimum atomic E-state index is 0.109. The van der Waals surface area contributed by atoms with Crippen molar-refractivity contribution in [3.8, 4) is 0 Å². The molecule has 3 N–H and O–H groups in total. The number of nitrogens with two attached hydrogens (primary N) is 1. The lowest BCUT2D eigenvalue weighted by atomic mass is 10.1. The van der Waals surface area contributed by atoms with Crippen LogP contribution in [0.5, 0.6) is 0 Å². The fraction of sp³-hybridized carbons (Fsp3) is 0.533. The predicted octanol–water partition coefficient (Wildman–Crippen LogP) is 0.880. The first-order chi connectivity index (χ1) is 9.70. The monoisotopic (exact) mass is 275 g/mol. The van der Waals surface area contributed by atoms with E-state index in [9.17, 15) is 4.79 Å². The van der Waals surface area contributed by atoms with Crippen LogP contribution in [0.1, 0.15) is 24.0 Å². The van der Waals surface area contributed by atoms with E-state index < -0.39 is 0 Å². The molecule has 0 unspecified atom stereocenters. The van der Waals surface area contributed by atoms with Crippen LogP contribution >= 0.6 is 0 Å². The number of ether oxygens (including phenoxy) is 1. The average molecular weight is 275 g/mol. The zero-order valence-corrected chi connectivity index (χ0v) is 11.6. The lowest BCUT2D eigenvalue weighted by molar-refractivity contribution is -0.123. The molecule has 2 aliphatic rings. The number of rotatable bonds is 3. The Balaban J connectivity index is 1.51. The highest BCUT2D eigenvalue weighted by Gasteiger charge is 2.22. The van der Waals surface area contributed by atoms with Gasteiger partial charge in [-0.1, -0.05) is 6.07 Å². The van der Waals surface area contributed by atoms with Gasteiger partial charge in [0.15, 0.2) is 0 Å². The Hall–Kier alpha value is -1.59. The van der Waals surface area contributed by atoms with Crippen molar-refractivity contribution in [1.82, 2.24) is 10.2 Å². The lowest BCUT2D eigenvalue weighted by Gasteiger charge is -2.24. The van der Waals surface area contributed by atoms with Gasteiger partial charge >= 0.3 is 0 Å². The summed E-state index contributed by atoms with van der Waals surface area (Å²) in [4.78, 5) is 14.2. The SMILES string of the molecule is Nc1ccc2c(c1)CN(CC(=O)NC1CCOCC1)C2. The molecule has 0 bridgehead atoms. The smallest absolute Gasteiger partial charge is 0.234 e. The van der Waals surface area contributed by atoms with Crippen LogP contribution in [-0.4, -0.2) is 36.6 Å². The van der Waals surface area contributed by atoms with E-state index in [1.54, 1.807) is 0 Å². The van der Waals surface area contributed by atoms with Crippen molar-refractivity contribution in [2.45, 2.75) is 32.0 Å². The van der Waals surface area contributed by atoms with Crippen molar-refractivity contribution in [2.24, 2.45) is 0 Å². The molecule has 0 radical (unpaired) electrons. The Labute approximate surface area is 119 Å². The second kappa shape index (κ2) is 5.81. The van der Waals surface area contributed by atoms with Crippen molar-refractivity contribution in [2.75, 3.05) is 25.5 Å². The average Bonchev–Trinajstić information content (AvgIpc) is 2.80. The molecule has 0 saturated carbocycles. The van der Waals surface area contributed by atoms with Crippen LogP contribution < -0.4 is 11.1 Å². The molecule has 0 aliphatic carbocycles. The minimum absolute atomic E-state index is 0.109. The molecule has 5 nitrogen and oxygen atoms in total. The van der Waals surface area contributed by atoms with Gasteiger partial charge in [0.1, 0.15) is 0 Å². The maximum absolute atomic E-state index is 12.1. The molecule has 108 valence electrons. The van der Waals surface area contributed by atoms with Gasteiger partial charge in [0.05, 0.1) is 6.54 Å². The number of fused-ring (bicyclic) bond motifs is 1. The summed E-state index contributed by atoms with van der Waals surface area (Å²) < 4.78 is 5.29. The van der Waals surface area contributed by atoms with Crippen LogP contribution in [0.4, 0.5) is 5.69 Å². The van der Waals surface area contributed by atoms with Gasteiger partial charge in [-0.25, -0.2) is 0 Å². The Kier molecular flexibility index (Phi) is 3.89. The van der Waals surface area contributed by atoms with Gasteiger partial charge < -0.3 is 15.8 Å². The first kappa shape index (κ1) is 13.4. The summed E-state index contributed by atoms with van der Waals surface area (Å²) in [5.74, 6) is 0.109. The fourth-order valence-corrected chi connectivity index (χ4v) is 2.92. The summed E-state index contributed by atoms with van der Waals surface area (Å²) in [7, 11) is 0. The number of benzene rings is 1. The number of nitrogen functional groups attached to an aromatic ring is 1. The van der Waals surface area contributed by atoms with Gasteiger partial charge in [-0.3, -0.25) is 9.69 Å². The number of anilines is 1. The largest absolute Gasteiger partial charge is 0.399 e. The van der Waals surface area contributed by atoms with Crippen LogP contribution in [0.25, 0.3) is 0 Å². The van der Waals surface area contributed by atoms with Crippen LogP contribution in [0.2, 0.25) is 0 Å². The third-order valence-electron chi connectivity index (χ3n) is 3.97. The maximum atomic E-state index is 12.1. The summed E-state index contributed by atoms with van der Waals surface area (Å²) >= 11 is 0. The van der Waals surface area contributed by atoms with Crippen LogP contribution in [0.3, 0.4) is 0 Å². The van der Waals surface area contributed by atoms with Gasteiger partial charge in [0, 0.05) is 38.0 Å². The highest BCUT2D eigenvalue weighted by molar-refractivity contribution is 5.78. The molecule has 1 aromatic carbocycles. The zero-order chi connectivity index (χ0) is 13.9. The Morgan fingerprint density at radius 2 is 2.05 bits per heavy atom. The third kappa shape index (κ3) is 3.11. The number of hydrogen-bond donors (Lipinski definition) is 2. The van der Waals surface area contributed by atoms with E-state index >= 15 is 0 Å². The molecule has 0 aromatic heterocycles. The molecule has 1 aromatic rings. The van der Waals surface area contributed by atoms with Crippen molar-refractivity contribution in [3.05, 3.63) is 29.3 Å². The fourth-order valence-electron chi connectivity index (χ4n) is 2.92. The van der Waals surface area contributed by atoms with Crippen LogP contribution in [0.15, 0.2) is 18.2 Å². The van der Waals surface area contributed by atoms with Gasteiger partial charge in [0.25, 0.3) is 0 Å². The highest BCUT2D eigenvalue weighted by atomic mass is 16.5. The number of carbonyl (C=O) groups excluding carboxylic acids is 1. The van der Waals surface area contributed by atoms with Crippen molar-refractivity contribution in [3.63, 3.8) is 0 Å². The number of amides is 1. The number of hydrogen-bond acceptors (Lipinski definition) is 4. The summed E-state index contributed by atoms with van der Waals surface area (Å²) in [5.41, 5.74) is 9.10. The van der Waals surface area contributed by atoms with Crippen molar-refractivity contribution in [1.29, 1.82) is 0 Å². The van der Waals surface area contributed by atoms with E-state index in [1.807, 2.05) is 12.1 Å². The number of nitrogens with one attached hydrogen (secondary N) is 1. The Bertz CT molecular complexity index is 498. The van der Waals surface area contributed by atoms with E-state index in [0.717, 1.165) is 44.8 Å². The summed E-state index contributed by atoms with van der Waals surface area (Å²) in [6.45, 7) is 3.59. The highest BCUT2D eigenvalue weighted by Crippen LogP contribution is 2.24. The van der Waals surface area contributed by atoms with E-state index in [2.05, 4.69) is 16.3 Å². The molecule has 2 aliphatic heterocycles. The van der Waals surface area contributed by atoms with E-state index in [4.69, 9.17) is 10.5 Å². The molecule has 0 spiro atoms. The molecule has 5 heteroatoms. The van der Waals surface area contributed by atoms with Crippen LogP contribution in [0, 0.1) is 0 Å². The van der Waals surface area contributed by atoms with Crippen molar-refractivity contribution >= 4 is 11.6 Å². The first-order valence-electron chi connectivity index (χ1n) is 7.17. The minimum Gasteiger partial charge on any atom is -0.399 e. The lowest BCUT2D eigenvalue weighted by Crippen LogP contribution is -2.43. The zero-order valence-electron chi connectivity index (χ0n) is 11.6. The summed E-state index contributed by atoms with van der Waals surface area (Å²) in [6, 6.07) is 6.26. The maximum Gasteiger partial charge on any atom is 0.234 e. The van der Waals surface area contributed by atoms with E-state index in [1.165, 1.54) is 11.1 Å². The van der Waals surface area contributed by atoms with E-state index in [-0.39, 0.29) is 11.9 Å². The standard InChI is InChI=1S/C15H21N3O2/c16-13-2-1-11-8-18(9-12(11)7-13)10-15(19)17-14-3-5-20-6-4-14/h1-2,7,14H,3-6,8-10,16H2,(H,17,19). The van der Waals surface area contributed by atoms with E-state index in [0.29, 0.717) is 6.54 Å². The Morgan fingerprint density at radius 3 is 2.85 bits per heavy atom. The second-order valence-corrected chi connectivity index (χ2v) is 5.63. The molecular weight excluding hydrogens is 254 g/mol. The summed E-state index contributed by atoms with van der Waals surface area (Å²) in [6.07, 6.45) is 1.84. The molecule has 1 saturated heterocycles. The molecule has 0 atom stereocenters. The number of carbonyl (C=O) groups is 1. The van der Waals surface area contributed by atoms with Crippen molar-refractivity contribution < 1.29 is 9.53 Å². The van der Waals surface area contributed by atoms with Crippen LogP contribution in [-0.2, 0) is 22.6 Å². The molecular formula is C15H21N3O2. The molecule has 3 rings (SSSR count). The first-order valence-corrected chi connectivity index (χ1v) is 7.17. The van der Waals surface area contributed by atoms with Gasteiger partial charge in [-0.15, -0.1) is 0 Å².